The van der Waals surface area contributed by atoms with E-state index < -0.39 is 90.8 Å². The molecule has 59 heavy (non-hydrogen) atoms. The lowest BCUT2D eigenvalue weighted by atomic mass is 9.92. The van der Waals surface area contributed by atoms with Gasteiger partial charge in [0.1, 0.15) is 18.1 Å². The van der Waals surface area contributed by atoms with Crippen LogP contribution in [0.15, 0.2) is 0 Å². The maximum absolute atomic E-state index is 13.0. The summed E-state index contributed by atoms with van der Waals surface area (Å²) in [5.74, 6) is -7.14. The SMILES string of the molecule is CC(C)CC(CC(=O)NO)C(=O)N[C@@H](CS)C(=O)N[C@@H](CC(N)=O)C(=O)NCC(=O)NCC(=O)N[C@@H](CCCCNC(=O)CCCC[C@@H]1SC[C@@H]2NC(=O)N[C@@H]21)C(N)=O. The lowest BCUT2D eigenvalue weighted by Crippen LogP contribution is -2.56. The molecule has 2 heterocycles. The summed E-state index contributed by atoms with van der Waals surface area (Å²) in [6.45, 7) is 2.72. The number of unbranched alkanes of at least 4 members (excludes halogenated alkanes) is 2. The fraction of sp³-hybridized carbons (Fsp3) is 0.714. The van der Waals surface area contributed by atoms with Gasteiger partial charge in [0, 0.05) is 42.1 Å². The van der Waals surface area contributed by atoms with Gasteiger partial charge in [0.25, 0.3) is 0 Å². The van der Waals surface area contributed by atoms with E-state index in [9.17, 15) is 47.9 Å². The molecule has 0 saturated carbocycles. The molecule has 0 aromatic carbocycles. The summed E-state index contributed by atoms with van der Waals surface area (Å²) in [7, 11) is 0. The van der Waals surface area contributed by atoms with Crippen molar-refractivity contribution in [3.05, 3.63) is 0 Å². The first-order valence-electron chi connectivity index (χ1n) is 19.4. The third-order valence-electron chi connectivity index (χ3n) is 9.41. The van der Waals surface area contributed by atoms with Gasteiger partial charge in [-0.1, -0.05) is 20.3 Å². The van der Waals surface area contributed by atoms with Crippen LogP contribution in [0.5, 0.6) is 0 Å². The summed E-state index contributed by atoms with van der Waals surface area (Å²) >= 11 is 5.91. The average molecular weight is 874 g/mol. The van der Waals surface area contributed by atoms with Gasteiger partial charge in [-0.2, -0.15) is 24.4 Å². The summed E-state index contributed by atoms with van der Waals surface area (Å²) in [6.07, 6.45) is 3.19. The summed E-state index contributed by atoms with van der Waals surface area (Å²) in [4.78, 5) is 123. The van der Waals surface area contributed by atoms with Crippen LogP contribution in [-0.2, 0) is 43.2 Å². The molecule has 11 amide bonds. The van der Waals surface area contributed by atoms with E-state index in [4.69, 9.17) is 16.7 Å². The van der Waals surface area contributed by atoms with Crippen LogP contribution >= 0.6 is 24.4 Å². The normalized spacial score (nSPS) is 18.7. The van der Waals surface area contributed by atoms with Crippen LogP contribution < -0.4 is 59.5 Å². The molecule has 2 aliphatic heterocycles. The zero-order valence-electron chi connectivity index (χ0n) is 33.3. The smallest absolute Gasteiger partial charge is 0.315 e. The molecule has 22 nitrogen and oxygen atoms in total. The molecule has 0 bridgehead atoms. The first-order chi connectivity index (χ1) is 27.9. The second-order valence-corrected chi connectivity index (χ2v) is 16.4. The van der Waals surface area contributed by atoms with E-state index >= 15 is 0 Å². The minimum Gasteiger partial charge on any atom is -0.370 e. The zero-order valence-corrected chi connectivity index (χ0v) is 35.0. The number of primary amides is 2. The van der Waals surface area contributed by atoms with Crippen molar-refractivity contribution >= 4 is 83.6 Å². The van der Waals surface area contributed by atoms with E-state index in [1.54, 1.807) is 0 Å². The number of amides is 11. The lowest BCUT2D eigenvalue weighted by molar-refractivity contribution is -0.137. The second kappa shape index (κ2) is 26.3. The third-order valence-corrected chi connectivity index (χ3v) is 11.3. The van der Waals surface area contributed by atoms with Crippen molar-refractivity contribution in [3.8, 4) is 0 Å². The molecule has 7 atom stereocenters. The number of rotatable bonds is 28. The van der Waals surface area contributed by atoms with Crippen LogP contribution in [-0.4, -0.2) is 131 Å². The van der Waals surface area contributed by atoms with Crippen molar-refractivity contribution in [2.45, 2.75) is 114 Å². The van der Waals surface area contributed by atoms with E-state index in [0.717, 1.165) is 18.6 Å². The molecule has 0 radical (unpaired) electrons. The Bertz CT molecular complexity index is 1520. The number of fused-ring (bicyclic) bond motifs is 1. The summed E-state index contributed by atoms with van der Waals surface area (Å²) in [5.41, 5.74) is 12.1. The molecule has 0 aliphatic carbocycles. The molecule has 332 valence electrons. The minimum absolute atomic E-state index is 0.0217. The standard InChI is InChI=1S/C35H59N11O11S2/c1-18(2)11-19(12-27(49)46-57)32(53)43-22(16-58)34(55)42-21(13-25(36)47)33(54)40-14-28(50)39-15-29(51)41-20(31(37)52)7-5-6-10-38-26(48)9-4-3-8-24-30-23(17-59-24)44-35(56)45-30/h18-24,30,57-58H,3-17H2,1-2H3,(H2,36,47)(H2,37,52)(H,38,48)(H,39,50)(H,40,54)(H,41,51)(H,42,55)(H,43,53)(H,46,49)(H2,44,45,56)/t19?,20-,21-,22-,23-,24-,30-/m0/s1. The van der Waals surface area contributed by atoms with Gasteiger partial charge >= 0.3 is 6.03 Å². The number of thiol groups is 1. The zero-order chi connectivity index (χ0) is 44.1. The molecule has 0 aromatic heterocycles. The van der Waals surface area contributed by atoms with Crippen LogP contribution in [0.2, 0.25) is 0 Å². The van der Waals surface area contributed by atoms with Crippen molar-refractivity contribution in [1.29, 1.82) is 0 Å². The minimum atomic E-state index is -1.57. The van der Waals surface area contributed by atoms with E-state index in [0.29, 0.717) is 37.5 Å². The number of carbonyl (C=O) groups is 10. The molecule has 1 unspecified atom stereocenters. The molecule has 14 N–H and O–H groups in total. The Labute approximate surface area is 351 Å². The molecule has 24 heteroatoms. The molecule has 2 fully saturated rings. The van der Waals surface area contributed by atoms with Crippen LogP contribution in [0, 0.1) is 11.8 Å². The highest BCUT2D eigenvalue weighted by atomic mass is 32.2. The molecule has 2 rings (SSSR count). The summed E-state index contributed by atoms with van der Waals surface area (Å²) in [5, 5.41) is 29.6. The molecule has 0 aromatic rings. The number of hydrogen-bond donors (Lipinski definition) is 13. The first-order valence-corrected chi connectivity index (χ1v) is 21.1. The van der Waals surface area contributed by atoms with Gasteiger partial charge in [-0.05, 0) is 44.4 Å². The van der Waals surface area contributed by atoms with Crippen molar-refractivity contribution < 1.29 is 53.2 Å². The van der Waals surface area contributed by atoms with Gasteiger partial charge in [0.2, 0.25) is 53.2 Å². The predicted molar refractivity (Wildman–Crippen MR) is 217 cm³/mol. The Morgan fingerprint density at radius 1 is 0.780 bits per heavy atom. The van der Waals surface area contributed by atoms with Crippen LogP contribution in [0.3, 0.4) is 0 Å². The van der Waals surface area contributed by atoms with Crippen LogP contribution in [0.25, 0.3) is 0 Å². The maximum atomic E-state index is 13.0. The first kappa shape index (κ1) is 50.3. The number of carbonyl (C=O) groups excluding carboxylic acids is 10. The number of nitrogens with two attached hydrogens (primary N) is 2. The molecule has 2 saturated heterocycles. The molecule has 2 aliphatic rings. The highest BCUT2D eigenvalue weighted by Gasteiger charge is 2.42. The Kier molecular flexibility index (Phi) is 22.4. The predicted octanol–water partition coefficient (Wildman–Crippen LogP) is -3.47. The Hall–Kier alpha value is -4.84. The Morgan fingerprint density at radius 2 is 1.47 bits per heavy atom. The van der Waals surface area contributed by atoms with Crippen molar-refractivity contribution in [2.24, 2.45) is 23.3 Å². The van der Waals surface area contributed by atoms with Gasteiger partial charge in [0.15, 0.2) is 0 Å². The van der Waals surface area contributed by atoms with Crippen molar-refractivity contribution in [3.63, 3.8) is 0 Å². The molecular weight excluding hydrogens is 815 g/mol. The average Bonchev–Trinajstić information content (AvgIpc) is 3.73. The number of thioether (sulfide) groups is 1. The number of hydroxylamine groups is 1. The second-order valence-electron chi connectivity index (χ2n) is 14.8. The summed E-state index contributed by atoms with van der Waals surface area (Å²) < 4.78 is 0. The lowest BCUT2D eigenvalue weighted by Gasteiger charge is -2.24. The Morgan fingerprint density at radius 3 is 2.12 bits per heavy atom. The van der Waals surface area contributed by atoms with Gasteiger partial charge in [-0.3, -0.25) is 48.4 Å². The van der Waals surface area contributed by atoms with Crippen LogP contribution in [0.4, 0.5) is 4.79 Å². The third kappa shape index (κ3) is 19.2. The van der Waals surface area contributed by atoms with Gasteiger partial charge in [0.05, 0.1) is 31.6 Å². The van der Waals surface area contributed by atoms with Crippen molar-refractivity contribution in [2.75, 3.05) is 31.1 Å². The molecule has 0 spiro atoms. The van der Waals surface area contributed by atoms with E-state index in [-0.39, 0.29) is 55.0 Å². The van der Waals surface area contributed by atoms with E-state index in [2.05, 4.69) is 55.2 Å². The van der Waals surface area contributed by atoms with E-state index in [1.807, 2.05) is 25.6 Å². The fourth-order valence-corrected chi connectivity index (χ4v) is 8.22. The fourth-order valence-electron chi connectivity index (χ4n) is 6.41. The molecular formula is C35H59N11O11S2. The highest BCUT2D eigenvalue weighted by molar-refractivity contribution is 8.00. The quantitative estimate of drug-likeness (QED) is 0.0120. The Balaban J connectivity index is 1.71. The number of hydrogen-bond acceptors (Lipinski definition) is 13. The van der Waals surface area contributed by atoms with Crippen molar-refractivity contribution in [1.82, 2.24) is 48.0 Å². The highest BCUT2D eigenvalue weighted by Crippen LogP contribution is 2.33. The van der Waals surface area contributed by atoms with Gasteiger partial charge in [-0.25, -0.2) is 10.3 Å². The topological polar surface area (TPSA) is 351 Å². The van der Waals surface area contributed by atoms with Gasteiger partial charge in [-0.15, -0.1) is 0 Å². The maximum Gasteiger partial charge on any atom is 0.315 e. The van der Waals surface area contributed by atoms with E-state index in [1.165, 1.54) is 5.48 Å². The summed E-state index contributed by atoms with van der Waals surface area (Å²) in [6, 6.07) is -3.77. The van der Waals surface area contributed by atoms with Gasteiger partial charge < -0.3 is 54.0 Å². The number of urea groups is 1. The van der Waals surface area contributed by atoms with Crippen LogP contribution in [0.1, 0.15) is 78.1 Å². The number of nitrogens with one attached hydrogen (secondary N) is 9. The largest absolute Gasteiger partial charge is 0.370 e. The monoisotopic (exact) mass is 873 g/mol.